The smallest absolute Gasteiger partial charge is 0.282 e. The summed E-state index contributed by atoms with van der Waals surface area (Å²) in [4.78, 5) is 12.5. The van der Waals surface area contributed by atoms with Crippen LogP contribution in [0.3, 0.4) is 0 Å². The fourth-order valence-electron chi connectivity index (χ4n) is 2.25. The molecule has 0 spiro atoms. The zero-order chi connectivity index (χ0) is 19.1. The molecule has 8 nitrogen and oxygen atoms in total. The summed E-state index contributed by atoms with van der Waals surface area (Å²) in [7, 11) is -3.71. The van der Waals surface area contributed by atoms with Gasteiger partial charge in [-0.05, 0) is 31.2 Å². The Hall–Kier alpha value is -2.90. The maximum absolute atomic E-state index is 14.4. The van der Waals surface area contributed by atoms with Crippen LogP contribution in [0.1, 0.15) is 12.5 Å². The molecule has 0 bridgehead atoms. The SMILES string of the molecule is CCS(=O)(=O)Nc1cc(-n2nc3ccc(Cl)cn3c2=O)c(F)cc1C#N. The summed E-state index contributed by atoms with van der Waals surface area (Å²) in [6, 6.07) is 6.60. The Morgan fingerprint density at radius 2 is 2.12 bits per heavy atom. The molecule has 0 saturated carbocycles. The Balaban J connectivity index is 2.25. The van der Waals surface area contributed by atoms with Crippen molar-refractivity contribution >= 4 is 33.0 Å². The zero-order valence-electron chi connectivity index (χ0n) is 13.3. The van der Waals surface area contributed by atoms with Gasteiger partial charge in [0.2, 0.25) is 10.0 Å². The third-order valence-electron chi connectivity index (χ3n) is 3.56. The van der Waals surface area contributed by atoms with Gasteiger partial charge in [0.15, 0.2) is 11.5 Å². The molecule has 3 rings (SSSR count). The van der Waals surface area contributed by atoms with Crippen LogP contribution in [0.15, 0.2) is 35.3 Å². The van der Waals surface area contributed by atoms with Crippen molar-refractivity contribution in [1.82, 2.24) is 14.2 Å². The van der Waals surface area contributed by atoms with Gasteiger partial charge >= 0.3 is 5.69 Å². The van der Waals surface area contributed by atoms with Gasteiger partial charge in [0.05, 0.1) is 22.0 Å². The first-order valence-corrected chi connectivity index (χ1v) is 9.30. The minimum atomic E-state index is -3.71. The molecule has 0 saturated heterocycles. The van der Waals surface area contributed by atoms with Crippen molar-refractivity contribution in [3.63, 3.8) is 0 Å². The number of aromatic nitrogens is 3. The number of benzene rings is 1. The van der Waals surface area contributed by atoms with Crippen LogP contribution in [0.25, 0.3) is 11.3 Å². The lowest BCUT2D eigenvalue weighted by molar-refractivity contribution is 0.601. The summed E-state index contributed by atoms with van der Waals surface area (Å²) >= 11 is 5.85. The summed E-state index contributed by atoms with van der Waals surface area (Å²) in [5.41, 5.74) is -1.15. The molecule has 0 aliphatic rings. The average molecular weight is 396 g/mol. The van der Waals surface area contributed by atoms with Crippen LogP contribution in [-0.4, -0.2) is 28.4 Å². The van der Waals surface area contributed by atoms with Gasteiger partial charge in [-0.1, -0.05) is 11.6 Å². The Kier molecular flexibility index (Phi) is 4.43. The molecule has 0 amide bonds. The summed E-state index contributed by atoms with van der Waals surface area (Å²) in [5, 5.41) is 13.4. The second-order valence-electron chi connectivity index (χ2n) is 5.24. The van der Waals surface area contributed by atoms with Gasteiger partial charge in [-0.3, -0.25) is 4.72 Å². The molecule has 1 N–H and O–H groups in total. The van der Waals surface area contributed by atoms with E-state index in [9.17, 15) is 17.6 Å². The fourth-order valence-corrected chi connectivity index (χ4v) is 3.06. The van der Waals surface area contributed by atoms with Gasteiger partial charge in [-0.2, -0.15) is 9.94 Å². The van der Waals surface area contributed by atoms with Crippen LogP contribution in [0.2, 0.25) is 5.02 Å². The van der Waals surface area contributed by atoms with Crippen molar-refractivity contribution in [2.24, 2.45) is 0 Å². The zero-order valence-corrected chi connectivity index (χ0v) is 14.8. The molecule has 0 unspecified atom stereocenters. The van der Waals surface area contributed by atoms with Crippen LogP contribution in [-0.2, 0) is 10.0 Å². The molecule has 3 aromatic rings. The second-order valence-corrected chi connectivity index (χ2v) is 7.68. The van der Waals surface area contributed by atoms with E-state index in [0.717, 1.165) is 21.2 Å². The largest absolute Gasteiger partial charge is 0.355 e. The summed E-state index contributed by atoms with van der Waals surface area (Å²) < 4.78 is 42.1. The maximum Gasteiger partial charge on any atom is 0.355 e. The highest BCUT2D eigenvalue weighted by atomic mass is 35.5. The van der Waals surface area contributed by atoms with E-state index in [0.29, 0.717) is 0 Å². The molecule has 11 heteroatoms. The highest BCUT2D eigenvalue weighted by Crippen LogP contribution is 2.23. The van der Waals surface area contributed by atoms with E-state index < -0.39 is 21.5 Å². The molecule has 26 heavy (non-hydrogen) atoms. The van der Waals surface area contributed by atoms with Gasteiger partial charge in [-0.15, -0.1) is 5.10 Å². The van der Waals surface area contributed by atoms with Crippen LogP contribution < -0.4 is 10.4 Å². The van der Waals surface area contributed by atoms with Crippen molar-refractivity contribution in [2.45, 2.75) is 6.92 Å². The number of nitrogens with zero attached hydrogens (tertiary/aromatic N) is 4. The van der Waals surface area contributed by atoms with Crippen LogP contribution in [0.4, 0.5) is 10.1 Å². The van der Waals surface area contributed by atoms with Crippen molar-refractivity contribution in [3.8, 4) is 11.8 Å². The number of rotatable bonds is 4. The van der Waals surface area contributed by atoms with Crippen molar-refractivity contribution < 1.29 is 12.8 Å². The van der Waals surface area contributed by atoms with Crippen molar-refractivity contribution in [3.05, 3.63) is 57.3 Å². The first-order valence-electron chi connectivity index (χ1n) is 7.27. The number of halogens is 2. The average Bonchev–Trinajstić information content (AvgIpc) is 2.92. The molecule has 0 aliphatic carbocycles. The van der Waals surface area contributed by atoms with E-state index in [4.69, 9.17) is 16.9 Å². The van der Waals surface area contributed by atoms with Gasteiger partial charge in [0.25, 0.3) is 0 Å². The molecule has 0 fully saturated rings. The predicted octanol–water partition coefficient (Wildman–Crippen LogP) is 1.91. The third-order valence-corrected chi connectivity index (χ3v) is 5.08. The quantitative estimate of drug-likeness (QED) is 0.725. The first-order chi connectivity index (χ1) is 12.3. The number of pyridine rings is 1. The lowest BCUT2D eigenvalue weighted by Gasteiger charge is -2.10. The third kappa shape index (κ3) is 3.14. The summed E-state index contributed by atoms with van der Waals surface area (Å²) in [6.07, 6.45) is 1.32. The Morgan fingerprint density at radius 1 is 1.38 bits per heavy atom. The molecule has 134 valence electrons. The number of hydrogen-bond acceptors (Lipinski definition) is 5. The standard InChI is InChI=1S/C15H11ClFN5O3S/c1-2-26(24,25)20-12-6-13(11(17)5-9(12)7-18)22-15(23)21-8-10(16)3-4-14(21)19-22/h3-6,8,20H,2H2,1H3. The number of fused-ring (bicyclic) bond motifs is 1. The van der Waals surface area contributed by atoms with Crippen LogP contribution in [0.5, 0.6) is 0 Å². The van der Waals surface area contributed by atoms with E-state index in [1.807, 2.05) is 0 Å². The van der Waals surface area contributed by atoms with E-state index in [-0.39, 0.29) is 33.4 Å². The lowest BCUT2D eigenvalue weighted by Crippen LogP contribution is -2.21. The van der Waals surface area contributed by atoms with Crippen molar-refractivity contribution in [1.29, 1.82) is 5.26 Å². The Labute approximate surface area is 152 Å². The van der Waals surface area contributed by atoms with Gasteiger partial charge in [0, 0.05) is 6.20 Å². The number of anilines is 1. The normalized spacial score (nSPS) is 11.5. The molecule has 2 aromatic heterocycles. The first kappa shape index (κ1) is 17.9. The number of nitrogens with one attached hydrogen (secondary N) is 1. The minimum Gasteiger partial charge on any atom is -0.282 e. The summed E-state index contributed by atoms with van der Waals surface area (Å²) in [5.74, 6) is -1.14. The van der Waals surface area contributed by atoms with Crippen LogP contribution in [0, 0.1) is 17.1 Å². The molecule has 0 aliphatic heterocycles. The second kappa shape index (κ2) is 6.44. The number of nitriles is 1. The van der Waals surface area contributed by atoms with Gasteiger partial charge in [0.1, 0.15) is 11.8 Å². The highest BCUT2D eigenvalue weighted by molar-refractivity contribution is 7.92. The molecule has 0 atom stereocenters. The molecule has 0 radical (unpaired) electrons. The van der Waals surface area contributed by atoms with E-state index in [2.05, 4.69) is 9.82 Å². The molecule has 1 aromatic carbocycles. The number of hydrogen-bond donors (Lipinski definition) is 1. The highest BCUT2D eigenvalue weighted by Gasteiger charge is 2.18. The Morgan fingerprint density at radius 3 is 2.77 bits per heavy atom. The molecular formula is C15H11ClFN5O3S. The van der Waals surface area contributed by atoms with Crippen molar-refractivity contribution in [2.75, 3.05) is 10.5 Å². The lowest BCUT2D eigenvalue weighted by atomic mass is 10.1. The Bertz CT molecular complexity index is 1230. The van der Waals surface area contributed by atoms with E-state index in [1.54, 1.807) is 6.07 Å². The minimum absolute atomic E-state index is 0.146. The number of sulfonamides is 1. The molecule has 2 heterocycles. The topological polar surface area (TPSA) is 109 Å². The maximum atomic E-state index is 14.4. The van der Waals surface area contributed by atoms with E-state index >= 15 is 0 Å². The van der Waals surface area contributed by atoms with E-state index in [1.165, 1.54) is 25.3 Å². The fraction of sp³-hybridized carbons (Fsp3) is 0.133. The monoisotopic (exact) mass is 395 g/mol. The summed E-state index contributed by atoms with van der Waals surface area (Å²) in [6.45, 7) is 1.41. The predicted molar refractivity (Wildman–Crippen MR) is 93.6 cm³/mol. The molecular weight excluding hydrogens is 385 g/mol. The van der Waals surface area contributed by atoms with Gasteiger partial charge < -0.3 is 0 Å². The van der Waals surface area contributed by atoms with Crippen LogP contribution >= 0.6 is 11.6 Å². The van der Waals surface area contributed by atoms with Gasteiger partial charge in [-0.25, -0.2) is 22.0 Å².